The quantitative estimate of drug-likeness (QED) is 0.0708. The Kier molecular flexibility index (Phi) is 15.6. The van der Waals surface area contributed by atoms with Crippen LogP contribution < -0.4 is 30.5 Å². The average Bonchev–Trinajstić information content (AvgIpc) is 1.71. The fraction of sp³-hybridized carbons (Fsp3) is 0. The van der Waals surface area contributed by atoms with Crippen molar-refractivity contribution in [1.29, 1.82) is 0 Å². The highest BCUT2D eigenvalue weighted by Gasteiger charge is 2.41. The summed E-state index contributed by atoms with van der Waals surface area (Å²) in [5, 5.41) is 10.1. The van der Waals surface area contributed by atoms with Crippen molar-refractivity contribution < 1.29 is 0 Å². The minimum absolute atomic E-state index is 1.07. The number of hydrogen-bond donors (Lipinski definition) is 0. The molecule has 18 aromatic rings. The van der Waals surface area contributed by atoms with E-state index in [4.69, 9.17) is 0 Å². The second-order valence-corrected chi connectivity index (χ2v) is 29.8. The van der Waals surface area contributed by atoms with Crippen molar-refractivity contribution >= 4 is 107 Å². The van der Waals surface area contributed by atoms with E-state index in [2.05, 4.69) is 431 Å². The van der Waals surface area contributed by atoms with Gasteiger partial charge >= 0.3 is 0 Å². The molecule has 0 N–H and O–H groups in total. The van der Waals surface area contributed by atoms with Crippen LogP contribution >= 0.6 is 0 Å². The summed E-state index contributed by atoms with van der Waals surface area (Å²) in [5.41, 5.74) is 22.8. The lowest BCUT2D eigenvalue weighted by atomic mass is 10.0. The lowest BCUT2D eigenvalue weighted by Gasteiger charge is -2.34. The zero-order valence-electron chi connectivity index (χ0n) is 55.5. The van der Waals surface area contributed by atoms with Gasteiger partial charge in [0.15, 0.2) is 8.07 Å². The molecule has 5 heteroatoms. The number of fused-ring (bicyclic) bond motifs is 6. The third-order valence-electron chi connectivity index (χ3n) is 20.2. The predicted molar refractivity (Wildman–Crippen MR) is 430 cm³/mol. The van der Waals surface area contributed by atoms with Crippen molar-refractivity contribution in [3.05, 3.63) is 413 Å². The van der Waals surface area contributed by atoms with Gasteiger partial charge in [0.1, 0.15) is 0 Å². The molecule has 0 aliphatic heterocycles. The topological polar surface area (TPSA) is 16.3 Å². The van der Waals surface area contributed by atoms with Crippen LogP contribution in [0, 0.1) is 0 Å². The highest BCUT2D eigenvalue weighted by Crippen LogP contribution is 2.44. The summed E-state index contributed by atoms with van der Waals surface area (Å²) in [6, 6.07) is 152. The van der Waals surface area contributed by atoms with Gasteiger partial charge in [0.25, 0.3) is 0 Å². The first-order valence-corrected chi connectivity index (χ1v) is 36.7. The molecule has 476 valence electrons. The maximum atomic E-state index is 2.41. The van der Waals surface area contributed by atoms with Gasteiger partial charge in [0, 0.05) is 67.0 Å². The van der Waals surface area contributed by atoms with E-state index in [1.54, 1.807) is 0 Å². The standard InChI is InChI=1S/C96H68N4Si/c1-7-25-69(26-8-1)75-29-23-35-81(65-75)97(83-57-63-95-91(67-83)89-41-19-21-43-93(89)99(95)77-31-11-3-12-32-77)79-53-45-71(46-54-79)73-49-59-87(60-50-73)101(85-37-15-5-16-38-85,86-39-17-6-18-40-86)88-61-51-74(52-62-88)72-47-55-80(56-48-72)98(82-36-24-30-76(66-82)70-27-9-2-10-28-70)84-58-64-96-92(68-84)90-42-20-22-44-94(90)100(96)78-33-13-4-14-34-78/h1-68H. The van der Waals surface area contributed by atoms with Crippen molar-refractivity contribution in [2.24, 2.45) is 0 Å². The molecular formula is C96H68N4Si. The van der Waals surface area contributed by atoms with E-state index in [1.165, 1.54) is 86.6 Å². The molecule has 0 spiro atoms. The molecule has 101 heavy (non-hydrogen) atoms. The molecule has 0 saturated heterocycles. The van der Waals surface area contributed by atoms with Gasteiger partial charge in [-0.1, -0.05) is 291 Å². The Morgan fingerprint density at radius 3 is 0.812 bits per heavy atom. The second kappa shape index (κ2) is 26.1. The van der Waals surface area contributed by atoms with Crippen LogP contribution in [-0.4, -0.2) is 17.2 Å². The van der Waals surface area contributed by atoms with Crippen LogP contribution in [0.4, 0.5) is 34.1 Å². The molecule has 18 rings (SSSR count). The van der Waals surface area contributed by atoms with Gasteiger partial charge in [-0.2, -0.15) is 0 Å². The number of aromatic nitrogens is 2. The Hall–Kier alpha value is -13.1. The van der Waals surface area contributed by atoms with E-state index in [0.717, 1.165) is 67.8 Å². The van der Waals surface area contributed by atoms with E-state index in [0.29, 0.717) is 0 Å². The molecule has 0 fully saturated rings. The van der Waals surface area contributed by atoms with E-state index in [1.807, 2.05) is 0 Å². The fourth-order valence-electron chi connectivity index (χ4n) is 15.5. The third kappa shape index (κ3) is 11.0. The largest absolute Gasteiger partial charge is 0.310 e. The van der Waals surface area contributed by atoms with Gasteiger partial charge in [0.2, 0.25) is 0 Å². The van der Waals surface area contributed by atoms with Crippen LogP contribution in [0.1, 0.15) is 0 Å². The van der Waals surface area contributed by atoms with Gasteiger partial charge in [0.05, 0.1) is 22.1 Å². The summed E-state index contributed by atoms with van der Waals surface area (Å²) in [6.45, 7) is 0. The minimum Gasteiger partial charge on any atom is -0.310 e. The molecule has 16 aromatic carbocycles. The summed E-state index contributed by atoms with van der Waals surface area (Å²) in [4.78, 5) is 4.81. The summed E-state index contributed by atoms with van der Waals surface area (Å²) in [6.07, 6.45) is 0. The van der Waals surface area contributed by atoms with E-state index in [9.17, 15) is 0 Å². The zero-order valence-corrected chi connectivity index (χ0v) is 56.5. The highest BCUT2D eigenvalue weighted by molar-refractivity contribution is 7.19. The summed E-state index contributed by atoms with van der Waals surface area (Å²) in [5.74, 6) is 0. The van der Waals surface area contributed by atoms with Crippen LogP contribution in [0.2, 0.25) is 0 Å². The zero-order chi connectivity index (χ0) is 67.1. The summed E-state index contributed by atoms with van der Waals surface area (Å²) < 4.78 is 4.76. The Morgan fingerprint density at radius 2 is 0.436 bits per heavy atom. The number of nitrogens with zero attached hydrogens (tertiary/aromatic N) is 4. The number of hydrogen-bond acceptors (Lipinski definition) is 2. The smallest absolute Gasteiger partial charge is 0.179 e. The van der Waals surface area contributed by atoms with Gasteiger partial charge in [-0.25, -0.2) is 0 Å². The number of rotatable bonds is 16. The maximum Gasteiger partial charge on any atom is 0.179 e. The Bertz CT molecular complexity index is 5590. The molecule has 0 unspecified atom stereocenters. The second-order valence-electron chi connectivity index (χ2n) is 26.0. The molecule has 0 radical (unpaired) electrons. The Balaban J connectivity index is 0.694. The maximum absolute atomic E-state index is 2.93. The molecule has 0 aliphatic rings. The van der Waals surface area contributed by atoms with Gasteiger partial charge in [-0.05, 0) is 187 Å². The van der Waals surface area contributed by atoms with Crippen molar-refractivity contribution in [3.8, 4) is 55.9 Å². The van der Waals surface area contributed by atoms with Crippen LogP contribution in [-0.2, 0) is 0 Å². The molecule has 2 aromatic heterocycles. The SMILES string of the molecule is c1ccc(-c2cccc(N(c3ccc(-c4ccc([Si](c5ccccc5)(c5ccccc5)c5ccc(-c6ccc(N(c7cccc(-c8ccccc8)c7)c7ccc8c(c7)c7ccccc7n8-c7ccccc7)cc6)cc5)cc4)cc3)c3ccc4c(c3)c3ccccc3n4-c3ccccc3)c2)cc1. The third-order valence-corrected chi connectivity index (χ3v) is 25.0. The van der Waals surface area contributed by atoms with Crippen LogP contribution in [0.15, 0.2) is 413 Å². The van der Waals surface area contributed by atoms with Crippen LogP contribution in [0.5, 0.6) is 0 Å². The number of anilines is 6. The highest BCUT2D eigenvalue weighted by atomic mass is 28.3. The van der Waals surface area contributed by atoms with Crippen molar-refractivity contribution in [1.82, 2.24) is 9.13 Å². The first kappa shape index (κ1) is 60.4. The summed E-state index contributed by atoms with van der Waals surface area (Å²) in [7, 11) is -2.93. The molecule has 0 amide bonds. The fourth-order valence-corrected chi connectivity index (χ4v) is 20.2. The van der Waals surface area contributed by atoms with Gasteiger partial charge < -0.3 is 18.9 Å². The van der Waals surface area contributed by atoms with Crippen LogP contribution in [0.3, 0.4) is 0 Å². The van der Waals surface area contributed by atoms with E-state index in [-0.39, 0.29) is 0 Å². The van der Waals surface area contributed by atoms with Crippen molar-refractivity contribution in [2.75, 3.05) is 9.80 Å². The molecule has 0 bridgehead atoms. The molecule has 0 atom stereocenters. The number of benzene rings is 16. The molecular weight excluding hydrogens is 1240 g/mol. The van der Waals surface area contributed by atoms with Gasteiger partial charge in [-0.15, -0.1) is 0 Å². The number of para-hydroxylation sites is 4. The van der Waals surface area contributed by atoms with Crippen molar-refractivity contribution in [2.45, 2.75) is 0 Å². The predicted octanol–water partition coefficient (Wildman–Crippen LogP) is 22.9. The molecule has 0 saturated carbocycles. The van der Waals surface area contributed by atoms with E-state index >= 15 is 0 Å². The molecule has 0 aliphatic carbocycles. The Labute approximate surface area is 590 Å². The lowest BCUT2D eigenvalue weighted by Crippen LogP contribution is -2.74. The molecule has 4 nitrogen and oxygen atoms in total. The molecule has 2 heterocycles. The van der Waals surface area contributed by atoms with Gasteiger partial charge in [-0.3, -0.25) is 0 Å². The first-order valence-electron chi connectivity index (χ1n) is 34.7. The normalized spacial score (nSPS) is 11.6. The first-order chi connectivity index (χ1) is 50.1. The van der Waals surface area contributed by atoms with Crippen LogP contribution in [0.25, 0.3) is 99.5 Å². The van der Waals surface area contributed by atoms with E-state index < -0.39 is 8.07 Å². The van der Waals surface area contributed by atoms with Crippen molar-refractivity contribution in [3.63, 3.8) is 0 Å². The monoisotopic (exact) mass is 1300 g/mol. The minimum atomic E-state index is -2.93. The Morgan fingerprint density at radius 1 is 0.168 bits per heavy atom. The average molecular weight is 1310 g/mol. The summed E-state index contributed by atoms with van der Waals surface area (Å²) >= 11 is 0. The lowest BCUT2D eigenvalue weighted by molar-refractivity contribution is 1.18.